The van der Waals surface area contributed by atoms with Gasteiger partial charge in [0.05, 0.1) is 5.02 Å². The Balaban J connectivity index is 2.10. The summed E-state index contributed by atoms with van der Waals surface area (Å²) in [6.07, 6.45) is 4.10. The standard InChI is InChI=1S/C11H15ClN2/c1-8-4-10(11(12)7-14-8)5-9-2-3-13-6-9/h4,7,9,13H,2-3,5-6H2,1H3/t9-/m1/s1. The highest BCUT2D eigenvalue weighted by Gasteiger charge is 2.16. The number of halogens is 1. The second kappa shape index (κ2) is 4.28. The summed E-state index contributed by atoms with van der Waals surface area (Å²) in [7, 11) is 0. The van der Waals surface area contributed by atoms with E-state index in [9.17, 15) is 0 Å². The molecule has 0 aliphatic carbocycles. The first-order chi connectivity index (χ1) is 6.75. The Kier molecular flexibility index (Phi) is 3.04. The van der Waals surface area contributed by atoms with Crippen LogP contribution in [0, 0.1) is 12.8 Å². The Labute approximate surface area is 89.7 Å². The fourth-order valence-corrected chi connectivity index (χ4v) is 2.14. The van der Waals surface area contributed by atoms with E-state index in [1.807, 2.05) is 6.92 Å². The van der Waals surface area contributed by atoms with Crippen LogP contribution >= 0.6 is 11.6 Å². The van der Waals surface area contributed by atoms with Gasteiger partial charge in [-0.1, -0.05) is 11.6 Å². The lowest BCUT2D eigenvalue weighted by Crippen LogP contribution is -2.11. The van der Waals surface area contributed by atoms with Crippen molar-refractivity contribution in [1.29, 1.82) is 0 Å². The minimum absolute atomic E-state index is 0.745. The molecule has 2 rings (SSSR count). The summed E-state index contributed by atoms with van der Waals surface area (Å²) in [6, 6.07) is 2.10. The Morgan fingerprint density at radius 2 is 2.50 bits per heavy atom. The SMILES string of the molecule is Cc1cc(C[C@H]2CCNC2)c(Cl)cn1. The van der Waals surface area contributed by atoms with Gasteiger partial charge in [0.1, 0.15) is 0 Å². The zero-order valence-electron chi connectivity index (χ0n) is 8.39. The fraction of sp³-hybridized carbons (Fsp3) is 0.545. The van der Waals surface area contributed by atoms with Gasteiger partial charge in [-0.25, -0.2) is 0 Å². The Hall–Kier alpha value is -0.600. The molecule has 1 atom stereocenters. The van der Waals surface area contributed by atoms with Crippen LogP contribution in [0.5, 0.6) is 0 Å². The molecule has 1 aliphatic heterocycles. The Morgan fingerprint density at radius 3 is 3.21 bits per heavy atom. The van der Waals surface area contributed by atoms with Gasteiger partial charge in [-0.2, -0.15) is 0 Å². The summed E-state index contributed by atoms with van der Waals surface area (Å²) in [4.78, 5) is 4.17. The summed E-state index contributed by atoms with van der Waals surface area (Å²) < 4.78 is 0. The van der Waals surface area contributed by atoms with Gasteiger partial charge in [0.2, 0.25) is 0 Å². The first-order valence-electron chi connectivity index (χ1n) is 5.07. The quantitative estimate of drug-likeness (QED) is 0.810. The molecule has 0 amide bonds. The van der Waals surface area contributed by atoms with Gasteiger partial charge >= 0.3 is 0 Å². The summed E-state index contributed by atoms with van der Waals surface area (Å²) >= 11 is 6.09. The minimum Gasteiger partial charge on any atom is -0.316 e. The van der Waals surface area contributed by atoms with Crippen LogP contribution in [-0.2, 0) is 6.42 Å². The van der Waals surface area contributed by atoms with Crippen molar-refractivity contribution in [2.45, 2.75) is 19.8 Å². The lowest BCUT2D eigenvalue weighted by molar-refractivity contribution is 0.579. The van der Waals surface area contributed by atoms with Crippen molar-refractivity contribution < 1.29 is 0 Å². The molecule has 1 saturated heterocycles. The zero-order valence-corrected chi connectivity index (χ0v) is 9.14. The van der Waals surface area contributed by atoms with Crippen LogP contribution in [0.3, 0.4) is 0 Å². The number of hydrogen-bond acceptors (Lipinski definition) is 2. The van der Waals surface area contributed by atoms with Gasteiger partial charge in [0.25, 0.3) is 0 Å². The highest BCUT2D eigenvalue weighted by atomic mass is 35.5. The highest BCUT2D eigenvalue weighted by Crippen LogP contribution is 2.21. The molecule has 0 saturated carbocycles. The first-order valence-corrected chi connectivity index (χ1v) is 5.45. The second-order valence-corrected chi connectivity index (χ2v) is 4.39. The molecule has 2 nitrogen and oxygen atoms in total. The zero-order chi connectivity index (χ0) is 9.97. The molecule has 1 aromatic heterocycles. The average molecular weight is 211 g/mol. The fourth-order valence-electron chi connectivity index (χ4n) is 1.96. The molecular weight excluding hydrogens is 196 g/mol. The van der Waals surface area contributed by atoms with Crippen LogP contribution in [-0.4, -0.2) is 18.1 Å². The van der Waals surface area contributed by atoms with Crippen LogP contribution in [0.4, 0.5) is 0 Å². The molecule has 0 unspecified atom stereocenters. The largest absolute Gasteiger partial charge is 0.316 e. The molecule has 1 aromatic rings. The maximum atomic E-state index is 6.09. The van der Waals surface area contributed by atoms with E-state index in [4.69, 9.17) is 11.6 Å². The van der Waals surface area contributed by atoms with Crippen molar-refractivity contribution in [3.63, 3.8) is 0 Å². The van der Waals surface area contributed by atoms with E-state index in [-0.39, 0.29) is 0 Å². The molecule has 0 spiro atoms. The number of pyridine rings is 1. The van der Waals surface area contributed by atoms with E-state index in [2.05, 4.69) is 16.4 Å². The van der Waals surface area contributed by atoms with E-state index in [0.717, 1.165) is 36.1 Å². The van der Waals surface area contributed by atoms with Crippen molar-refractivity contribution >= 4 is 11.6 Å². The van der Waals surface area contributed by atoms with Crippen LogP contribution in [0.25, 0.3) is 0 Å². The Morgan fingerprint density at radius 1 is 1.64 bits per heavy atom. The number of nitrogens with zero attached hydrogens (tertiary/aromatic N) is 1. The maximum Gasteiger partial charge on any atom is 0.0621 e. The van der Waals surface area contributed by atoms with Crippen molar-refractivity contribution in [1.82, 2.24) is 10.3 Å². The third kappa shape index (κ3) is 2.25. The molecule has 2 heterocycles. The van der Waals surface area contributed by atoms with Gasteiger partial charge in [0.15, 0.2) is 0 Å². The molecule has 14 heavy (non-hydrogen) atoms. The summed E-state index contributed by atoms with van der Waals surface area (Å²) in [6.45, 7) is 4.27. The van der Waals surface area contributed by atoms with Gasteiger partial charge in [-0.05, 0) is 50.4 Å². The topological polar surface area (TPSA) is 24.9 Å². The van der Waals surface area contributed by atoms with Crippen LogP contribution in [0.2, 0.25) is 5.02 Å². The second-order valence-electron chi connectivity index (χ2n) is 3.98. The van der Waals surface area contributed by atoms with Crippen LogP contribution < -0.4 is 5.32 Å². The molecule has 76 valence electrons. The van der Waals surface area contributed by atoms with Gasteiger partial charge in [-0.15, -0.1) is 0 Å². The normalized spacial score (nSPS) is 21.4. The van der Waals surface area contributed by atoms with Gasteiger partial charge in [-0.3, -0.25) is 4.98 Å². The van der Waals surface area contributed by atoms with E-state index in [1.165, 1.54) is 12.0 Å². The number of hydrogen-bond donors (Lipinski definition) is 1. The summed E-state index contributed by atoms with van der Waals surface area (Å²) in [5.74, 6) is 0.745. The average Bonchev–Trinajstić information content (AvgIpc) is 2.64. The van der Waals surface area contributed by atoms with Crippen molar-refractivity contribution in [3.05, 3.63) is 28.5 Å². The first kappa shape index (κ1) is 9.94. The third-order valence-electron chi connectivity index (χ3n) is 2.74. The third-order valence-corrected chi connectivity index (χ3v) is 3.08. The predicted octanol–water partition coefficient (Wildman–Crippen LogP) is 2.20. The molecular formula is C11H15ClN2. The maximum absolute atomic E-state index is 6.09. The predicted molar refractivity (Wildman–Crippen MR) is 58.7 cm³/mol. The number of nitrogens with one attached hydrogen (secondary N) is 1. The van der Waals surface area contributed by atoms with E-state index in [1.54, 1.807) is 6.20 Å². The highest BCUT2D eigenvalue weighted by molar-refractivity contribution is 6.31. The summed E-state index contributed by atoms with van der Waals surface area (Å²) in [5.41, 5.74) is 2.29. The number of aromatic nitrogens is 1. The van der Waals surface area contributed by atoms with Crippen molar-refractivity contribution in [3.8, 4) is 0 Å². The molecule has 0 aromatic carbocycles. The monoisotopic (exact) mass is 210 g/mol. The van der Waals surface area contributed by atoms with Crippen molar-refractivity contribution in [2.24, 2.45) is 5.92 Å². The van der Waals surface area contributed by atoms with E-state index < -0.39 is 0 Å². The van der Waals surface area contributed by atoms with Gasteiger partial charge in [0, 0.05) is 11.9 Å². The Bertz CT molecular complexity index is 319. The molecule has 0 radical (unpaired) electrons. The number of rotatable bonds is 2. The summed E-state index contributed by atoms with van der Waals surface area (Å²) in [5, 5.41) is 4.18. The lowest BCUT2D eigenvalue weighted by atomic mass is 9.99. The van der Waals surface area contributed by atoms with E-state index in [0.29, 0.717) is 0 Å². The minimum atomic E-state index is 0.745. The van der Waals surface area contributed by atoms with Crippen LogP contribution in [0.1, 0.15) is 17.7 Å². The molecule has 1 fully saturated rings. The molecule has 1 N–H and O–H groups in total. The van der Waals surface area contributed by atoms with E-state index >= 15 is 0 Å². The molecule has 0 bridgehead atoms. The van der Waals surface area contributed by atoms with Crippen LogP contribution in [0.15, 0.2) is 12.3 Å². The number of aryl methyl sites for hydroxylation is 1. The molecule has 1 aliphatic rings. The smallest absolute Gasteiger partial charge is 0.0621 e. The van der Waals surface area contributed by atoms with Crippen molar-refractivity contribution in [2.75, 3.05) is 13.1 Å². The molecule has 3 heteroatoms. The van der Waals surface area contributed by atoms with Gasteiger partial charge < -0.3 is 5.32 Å². The lowest BCUT2D eigenvalue weighted by Gasteiger charge is -2.09.